The second kappa shape index (κ2) is 56.2. The number of hydrogen-bond acceptors (Lipinski definition) is 24. The van der Waals surface area contributed by atoms with Gasteiger partial charge in [-0.3, -0.25) is 16.8 Å². The normalized spacial score (nSPS) is 16.5. The van der Waals surface area contributed by atoms with Gasteiger partial charge in [-0.2, -0.15) is 0 Å². The Morgan fingerprint density at radius 2 is 0.729 bits per heavy atom. The molecule has 32 heteroatoms. The zero-order chi connectivity index (χ0) is 103. The van der Waals surface area contributed by atoms with Gasteiger partial charge in [-0.15, -0.1) is 0 Å². The van der Waals surface area contributed by atoms with Gasteiger partial charge < -0.3 is 102 Å². The number of ether oxygens (including phenoxy) is 1. The van der Waals surface area contributed by atoms with Crippen molar-refractivity contribution in [3.8, 4) is 0 Å². The summed E-state index contributed by atoms with van der Waals surface area (Å²) in [6.45, 7) is 34.7. The number of rotatable bonds is 24. The van der Waals surface area contributed by atoms with Gasteiger partial charge in [0.2, 0.25) is 0 Å². The van der Waals surface area contributed by atoms with Gasteiger partial charge in [0.25, 0.3) is 0 Å². The van der Waals surface area contributed by atoms with E-state index in [0.29, 0.717) is 72.2 Å². The smallest absolute Gasteiger partial charge is 0.151 e. The van der Waals surface area contributed by atoms with E-state index in [-0.39, 0.29) is 39.0 Å². The first-order chi connectivity index (χ1) is 66.3. The number of nitrogens with one attached hydrogen (secondary N) is 4. The van der Waals surface area contributed by atoms with Crippen molar-refractivity contribution in [2.24, 2.45) is 0 Å². The molecule has 0 bridgehead atoms. The van der Waals surface area contributed by atoms with Crippen molar-refractivity contribution in [3.63, 3.8) is 0 Å². The predicted molar refractivity (Wildman–Crippen MR) is 581 cm³/mol. The van der Waals surface area contributed by atoms with Crippen LogP contribution in [0.3, 0.4) is 0 Å². The molecule has 140 heavy (non-hydrogen) atoms. The molecule has 15 N–H and O–H groups in total. The molecule has 4 fully saturated rings. The van der Waals surface area contributed by atoms with Crippen LogP contribution in [0.15, 0.2) is 237 Å². The minimum absolute atomic E-state index is 0.148. The Kier molecular flexibility index (Phi) is 46.3. The van der Waals surface area contributed by atoms with Crippen molar-refractivity contribution in [2.45, 2.75) is 218 Å². The van der Waals surface area contributed by atoms with Crippen LogP contribution in [0.1, 0.15) is 176 Å². The maximum atomic E-state index is 15.1. The minimum atomic E-state index is -1.87. The van der Waals surface area contributed by atoms with Crippen molar-refractivity contribution in [3.05, 3.63) is 319 Å². The Labute approximate surface area is 853 Å². The molecule has 11 aromatic rings. The third kappa shape index (κ3) is 37.1. The van der Waals surface area contributed by atoms with E-state index in [9.17, 15) is 50.4 Å². The van der Waals surface area contributed by atoms with Crippen molar-refractivity contribution in [1.29, 1.82) is 0 Å². The van der Waals surface area contributed by atoms with Gasteiger partial charge >= 0.3 is 0 Å². The topological polar surface area (TPSA) is 396 Å². The van der Waals surface area contributed by atoms with Gasteiger partial charge in [-0.1, -0.05) is 220 Å². The van der Waals surface area contributed by atoms with Gasteiger partial charge in [-0.05, 0) is 293 Å². The molecule has 0 amide bonds. The van der Waals surface area contributed by atoms with Crippen LogP contribution in [-0.2, 0) is 98.5 Å². The Balaban J connectivity index is 0.000000211. The van der Waals surface area contributed by atoms with Crippen LogP contribution in [0.25, 0.3) is 0 Å². The van der Waals surface area contributed by atoms with Crippen LogP contribution in [0, 0.1) is 26.6 Å². The van der Waals surface area contributed by atoms with Crippen LogP contribution >= 0.6 is 34.8 Å². The number of aliphatic hydroxyl groups is 3. The Hall–Kier alpha value is -9.90. The average molecular weight is 2050 g/mol. The predicted octanol–water partition coefficient (Wildman–Crippen LogP) is 21.3. The van der Waals surface area contributed by atoms with E-state index in [1.807, 2.05) is 166 Å². The first-order valence-electron chi connectivity index (χ1n) is 47.2. The lowest BCUT2D eigenvalue weighted by atomic mass is 9.84. The SMILES string of the molecule is CC(C)S(=O)[O-].CC(C)S(=O)[O-].CC(C)S(=O)[O-].CC(C)S(=O)[O-].CCc1c(N2C[C@@H](C)O[C@@H](C)C2)ccc(NCc2ccc(N)cc2)c1F.Cc1cc(CNc2ccc(N3CCC(O)(c4ccc(Cl)cc4)CC3)cc2)ccc1N.Cc1cc(N)ccc1CNc1ccc(N2CCC(O)(c3ccc(Cl)cc3)CC2)cc1.Cc1cc(NCc2ccc(N)cc2)ccc1N1CCC(O)(c2ccc(Cl)cc2)CC1. The molecule has 0 spiro atoms. The van der Waals surface area contributed by atoms with Crippen molar-refractivity contribution in [1.82, 2.24) is 0 Å². The molecule has 4 saturated heterocycles. The number of aryl methyl sites for hydroxylation is 3. The van der Waals surface area contributed by atoms with E-state index in [1.54, 1.807) is 55.4 Å². The summed E-state index contributed by atoms with van der Waals surface area (Å²) in [4.78, 5) is 9.27. The summed E-state index contributed by atoms with van der Waals surface area (Å²) in [5.41, 5.74) is 44.2. The first-order valence-corrected chi connectivity index (χ1v) is 52.9. The fraction of sp³-hybridized carbons (Fsp3) is 0.389. The van der Waals surface area contributed by atoms with Crippen LogP contribution in [0.4, 0.5) is 72.6 Å². The summed E-state index contributed by atoms with van der Waals surface area (Å²) < 4.78 is 98.5. The highest BCUT2D eigenvalue weighted by atomic mass is 35.5. The quantitative estimate of drug-likeness (QED) is 0.0198. The molecular weight excluding hydrogens is 1910 g/mol. The lowest BCUT2D eigenvalue weighted by molar-refractivity contribution is -0.00530. The van der Waals surface area contributed by atoms with Crippen LogP contribution in [0.2, 0.25) is 15.1 Å². The van der Waals surface area contributed by atoms with E-state index in [0.717, 1.165) is 151 Å². The summed E-state index contributed by atoms with van der Waals surface area (Å²) in [7, 11) is 0. The number of nitrogens with zero attached hydrogens (tertiary/aromatic N) is 4. The van der Waals surface area contributed by atoms with E-state index >= 15 is 4.39 Å². The molecule has 4 unspecified atom stereocenters. The molecule has 0 aliphatic carbocycles. The van der Waals surface area contributed by atoms with Crippen LogP contribution in [0.5, 0.6) is 0 Å². The molecule has 760 valence electrons. The molecule has 4 aliphatic rings. The monoisotopic (exact) mass is 2050 g/mol. The highest BCUT2D eigenvalue weighted by Crippen LogP contribution is 2.41. The number of anilines is 12. The van der Waals surface area contributed by atoms with E-state index in [4.69, 9.17) is 62.5 Å². The van der Waals surface area contributed by atoms with Crippen LogP contribution in [-0.4, -0.2) is 136 Å². The molecule has 0 saturated carbocycles. The van der Waals surface area contributed by atoms with E-state index < -0.39 is 61.1 Å². The van der Waals surface area contributed by atoms with Crippen molar-refractivity contribution >= 4 is 147 Å². The van der Waals surface area contributed by atoms with E-state index in [2.05, 4.69) is 153 Å². The summed E-state index contributed by atoms with van der Waals surface area (Å²) in [6.07, 6.45) is 5.14. The average Bonchev–Trinajstić information content (AvgIpc) is 0.781. The van der Waals surface area contributed by atoms with Gasteiger partial charge in [0.1, 0.15) is 0 Å². The fourth-order valence-electron chi connectivity index (χ4n) is 15.8. The number of halogens is 4. The number of nitrogen functional groups attached to an aromatic ring is 4. The lowest BCUT2D eigenvalue weighted by Crippen LogP contribution is -2.45. The Morgan fingerprint density at radius 1 is 0.393 bits per heavy atom. The second-order valence-electron chi connectivity index (χ2n) is 36.6. The summed E-state index contributed by atoms with van der Waals surface area (Å²) in [5, 5.41) is 48.1. The molecule has 11 aromatic carbocycles. The van der Waals surface area contributed by atoms with Crippen molar-refractivity contribution < 1.29 is 59.5 Å². The molecule has 4 aliphatic heterocycles. The fourth-order valence-corrected chi connectivity index (χ4v) is 16.2. The number of benzene rings is 11. The molecular formula is C108H140Cl3FN12O12S4-4. The second-order valence-corrected chi connectivity index (χ2v) is 43.8. The highest BCUT2D eigenvalue weighted by Gasteiger charge is 2.37. The van der Waals surface area contributed by atoms with Gasteiger partial charge in [0, 0.05) is 183 Å². The Morgan fingerprint density at radius 3 is 1.09 bits per heavy atom. The molecule has 0 radical (unpaired) electrons. The number of piperidine rings is 3. The molecule has 24 nitrogen and oxygen atoms in total. The molecule has 6 atom stereocenters. The number of hydrogen-bond donors (Lipinski definition) is 11. The minimum Gasteiger partial charge on any atom is -0.772 e. The molecule has 4 heterocycles. The zero-order valence-corrected chi connectivity index (χ0v) is 88.2. The number of morpholine rings is 1. The van der Waals surface area contributed by atoms with Crippen molar-refractivity contribution in [2.75, 3.05) is 116 Å². The van der Waals surface area contributed by atoms with Gasteiger partial charge in [-0.25, -0.2) is 4.39 Å². The Bertz CT molecular complexity index is 5650. The van der Waals surface area contributed by atoms with Crippen LogP contribution < -0.4 is 63.8 Å². The summed E-state index contributed by atoms with van der Waals surface area (Å²) in [6, 6.07) is 77.7. The van der Waals surface area contributed by atoms with Gasteiger partial charge in [0.15, 0.2) is 5.82 Å². The number of nitrogens with two attached hydrogens (primary N) is 4. The summed E-state index contributed by atoms with van der Waals surface area (Å²) >= 11 is 10.5. The zero-order valence-electron chi connectivity index (χ0n) is 82.7. The summed E-state index contributed by atoms with van der Waals surface area (Å²) in [5.74, 6) is -0.160. The largest absolute Gasteiger partial charge is 0.772 e. The van der Waals surface area contributed by atoms with Gasteiger partial charge in [0.05, 0.1) is 34.7 Å². The molecule has 0 aromatic heterocycles. The maximum Gasteiger partial charge on any atom is 0.151 e. The lowest BCUT2D eigenvalue weighted by Gasteiger charge is -2.40. The molecule has 15 rings (SSSR count). The third-order valence-corrected chi connectivity index (χ3v) is 28.2. The maximum absolute atomic E-state index is 15.1. The first kappa shape index (κ1) is 115. The van der Waals surface area contributed by atoms with E-state index in [1.165, 1.54) is 44.9 Å². The third-order valence-electron chi connectivity index (χ3n) is 24.4. The highest BCUT2D eigenvalue weighted by molar-refractivity contribution is 7.80. The standard InChI is InChI=1S/3C25H28ClN3O.C21H28FN3O.4C3H8O2S/c1-18-16-23(28-17-19-2-8-22(27)9-3-19)10-11-24(18)29-14-12-25(30,13-15-29)20-4-6-21(26)7-5-20;1-18-16-19(2-11-24(18)27)17-28-22-7-9-23(10-8-22)29-14-12-25(30,13-15-29)20-3-5-21(26)6-4-20;1-18-16-22(27)7-2-19(18)17-28-23-8-10-24(11-9-23)29-14-12-25(30,13-15-29)20-3-5-21(26)6-4-20;1-4-18-20(25-12-14(2)26-15(3)13-25)10-9-19(21(18)22)24-11-16-5-7-17(23)8-6-16;4*1-3(2)6(4)5/h3*2-11,16,28,30H,12-15,17,27H2,1H3;5-10,14-15,24H,4,11-13,23H2,1-3H3;4*3H,1-2H3,(H,4,5)/p-4/t;;;14-,15+;;;;.